The lowest BCUT2D eigenvalue weighted by molar-refractivity contribution is 0.645. The molecule has 0 bridgehead atoms. The van der Waals surface area contributed by atoms with Crippen LogP contribution < -0.4 is 5.32 Å². The molecule has 0 saturated heterocycles. The smallest absolute Gasteiger partial charge is 0.116 e. The summed E-state index contributed by atoms with van der Waals surface area (Å²) in [5.41, 5.74) is 17.7. The molecule has 0 amide bonds. The summed E-state index contributed by atoms with van der Waals surface area (Å²) < 4.78 is 0. The van der Waals surface area contributed by atoms with Crippen LogP contribution in [-0.4, -0.2) is 58.1 Å². The number of thiophene rings is 2. The number of anilines is 1. The lowest BCUT2D eigenvalue weighted by Gasteiger charge is -2.12. The normalized spacial score (nSPS) is 12.5. The van der Waals surface area contributed by atoms with Gasteiger partial charge in [0.05, 0.1) is 64.3 Å². The molecule has 11 aromatic rings. The molecule has 12 rings (SSSR count). The number of fused-ring (bicyclic) bond motifs is 4. The molecule has 0 fully saturated rings. The minimum Gasteiger partial charge on any atom is -0.358 e. The van der Waals surface area contributed by atoms with Crippen molar-refractivity contribution in [1.29, 1.82) is 0 Å². The molecule has 0 atom stereocenters. The topological polar surface area (TPSA) is 152 Å². The minimum atomic E-state index is 0.545. The number of aliphatic imine (C=N–C) groups is 1. The second kappa shape index (κ2) is 20.2. The lowest BCUT2D eigenvalue weighted by Crippen LogP contribution is -2.02. The van der Waals surface area contributed by atoms with Crippen LogP contribution >= 0.6 is 22.7 Å². The molecule has 0 saturated carbocycles. The van der Waals surface area contributed by atoms with Gasteiger partial charge in [0.2, 0.25) is 0 Å². The first-order chi connectivity index (χ1) is 34.6. The standard InChI is InChI=1S/C30H28N6S.C26H21N5S.C2H6/c1-17(2)9-18(3)33-22-10-21(13-31-14-22)20-6-7-26-24(11-20)30(36-35-26)27-12-23-25(15-32-16-28(23)34-27)29-8-5-19(4)37-29;1-15-7-9-27-10-8-18(15)17-4-5-22-20(11-17)26(31-30-22)23-12-19-21(13-28-14-24(19)29-23)25-6-3-16(2)32-25;1-2/h5-8,10-17,33-34H,3,9H2,1-2,4H3,(H,35,36);3-9,11-14,29H,10H2,1-2H3,(H,30,31);1-2H3. The zero-order valence-electron chi connectivity index (χ0n) is 40.9. The molecule has 10 heterocycles. The molecule has 9 aromatic heterocycles. The van der Waals surface area contributed by atoms with Crippen LogP contribution in [-0.2, 0) is 0 Å². The highest BCUT2D eigenvalue weighted by Crippen LogP contribution is 2.39. The van der Waals surface area contributed by atoms with Gasteiger partial charge in [0.15, 0.2) is 0 Å². The number of nitrogens with one attached hydrogen (secondary N) is 5. The first kappa shape index (κ1) is 46.7. The van der Waals surface area contributed by atoms with Gasteiger partial charge in [-0.25, -0.2) is 0 Å². The third kappa shape index (κ3) is 9.66. The van der Waals surface area contributed by atoms with E-state index in [-0.39, 0.29) is 0 Å². The molecule has 0 aliphatic carbocycles. The van der Waals surface area contributed by atoms with Crippen molar-refractivity contribution >= 4 is 83.8 Å². The maximum absolute atomic E-state index is 4.67. The van der Waals surface area contributed by atoms with Gasteiger partial charge in [-0.05, 0) is 128 Å². The summed E-state index contributed by atoms with van der Waals surface area (Å²) in [6, 6.07) is 27.9. The van der Waals surface area contributed by atoms with Crippen LogP contribution in [0, 0.1) is 19.8 Å². The van der Waals surface area contributed by atoms with Crippen molar-refractivity contribution in [2.24, 2.45) is 10.9 Å². The fraction of sp³-hybridized carbons (Fsp3) is 0.172. The fourth-order valence-electron chi connectivity index (χ4n) is 9.07. The Labute approximate surface area is 420 Å². The molecule has 1 aliphatic heterocycles. The van der Waals surface area contributed by atoms with Gasteiger partial charge in [0, 0.05) is 88.2 Å². The van der Waals surface area contributed by atoms with Crippen LogP contribution in [0.2, 0.25) is 0 Å². The van der Waals surface area contributed by atoms with Gasteiger partial charge in [-0.1, -0.05) is 52.5 Å². The Hall–Kier alpha value is -8.00. The van der Waals surface area contributed by atoms with Gasteiger partial charge < -0.3 is 15.3 Å². The maximum Gasteiger partial charge on any atom is 0.116 e. The highest BCUT2D eigenvalue weighted by Gasteiger charge is 2.18. The summed E-state index contributed by atoms with van der Waals surface area (Å²) >= 11 is 3.57. The summed E-state index contributed by atoms with van der Waals surface area (Å²) in [6.45, 7) is 19.6. The van der Waals surface area contributed by atoms with Crippen molar-refractivity contribution in [3.05, 3.63) is 161 Å². The zero-order valence-corrected chi connectivity index (χ0v) is 42.5. The van der Waals surface area contributed by atoms with Crippen LogP contribution in [0.1, 0.15) is 56.4 Å². The van der Waals surface area contributed by atoms with E-state index in [1.54, 1.807) is 22.7 Å². The summed E-state index contributed by atoms with van der Waals surface area (Å²) in [4.78, 5) is 29.9. The Morgan fingerprint density at radius 2 is 1.18 bits per heavy atom. The van der Waals surface area contributed by atoms with E-state index in [0.717, 1.165) is 106 Å². The number of nitrogens with zero attached hydrogens (tertiary/aromatic N) is 6. The Bertz CT molecular complexity index is 3830. The van der Waals surface area contributed by atoms with Crippen molar-refractivity contribution in [1.82, 2.24) is 45.3 Å². The first-order valence-electron chi connectivity index (χ1n) is 23.9. The molecule has 5 N–H and O–H groups in total. The molecule has 71 heavy (non-hydrogen) atoms. The van der Waals surface area contributed by atoms with Crippen LogP contribution in [0.3, 0.4) is 0 Å². The first-order valence-corrected chi connectivity index (χ1v) is 25.6. The van der Waals surface area contributed by atoms with Gasteiger partial charge in [0.25, 0.3) is 0 Å². The van der Waals surface area contributed by atoms with Gasteiger partial charge in [-0.2, -0.15) is 10.2 Å². The second-order valence-corrected chi connectivity index (χ2v) is 20.5. The summed E-state index contributed by atoms with van der Waals surface area (Å²) in [5.74, 6) is 0.545. The SMILES string of the molecule is C=C(CC(C)C)Nc1cncc(-c2ccc3[nH]nc(-c4cc5c(-c6ccc(C)s6)cncc5[nH]4)c3c2)c1.CC.CC1=CC=NCC=C1c1ccc2[nH]nc(-c3cc4c(-c5ccc(C)s5)cncc4[nH]3)c2c1. The number of aromatic amines is 4. The largest absolute Gasteiger partial charge is 0.358 e. The number of benzene rings is 2. The van der Waals surface area contributed by atoms with E-state index >= 15 is 0 Å². The molecule has 11 nitrogen and oxygen atoms in total. The summed E-state index contributed by atoms with van der Waals surface area (Å²) in [7, 11) is 0. The Morgan fingerprint density at radius 3 is 1.75 bits per heavy atom. The van der Waals surface area contributed by atoms with Crippen LogP contribution in [0.5, 0.6) is 0 Å². The number of hydrogen-bond donors (Lipinski definition) is 5. The Kier molecular flexibility index (Phi) is 13.3. The Balaban J connectivity index is 0.000000160. The average molecular weight is 970 g/mol. The predicted octanol–water partition coefficient (Wildman–Crippen LogP) is 15.8. The maximum atomic E-state index is 4.67. The van der Waals surface area contributed by atoms with Gasteiger partial charge in [-0.15, -0.1) is 22.7 Å². The van der Waals surface area contributed by atoms with Crippen molar-refractivity contribution in [3.8, 4) is 54.8 Å². The Morgan fingerprint density at radius 1 is 0.620 bits per heavy atom. The van der Waals surface area contributed by atoms with Crippen LogP contribution in [0.25, 0.3) is 104 Å². The highest BCUT2D eigenvalue weighted by molar-refractivity contribution is 7.15. The average Bonchev–Trinajstić information content (AvgIpc) is 4.25. The molecule has 0 unspecified atom stereocenters. The number of aryl methyl sites for hydroxylation is 2. The molecule has 1 aliphatic rings. The van der Waals surface area contributed by atoms with E-state index in [4.69, 9.17) is 0 Å². The van der Waals surface area contributed by atoms with E-state index in [0.29, 0.717) is 12.5 Å². The number of rotatable bonds is 10. The number of H-pyrrole nitrogens is 4. The molecule has 354 valence electrons. The fourth-order valence-corrected chi connectivity index (χ4v) is 10.9. The van der Waals surface area contributed by atoms with Gasteiger partial charge in [0.1, 0.15) is 11.4 Å². The number of allylic oxidation sites excluding steroid dienone is 4. The van der Waals surface area contributed by atoms with E-state index < -0.39 is 0 Å². The van der Waals surface area contributed by atoms with Crippen molar-refractivity contribution in [3.63, 3.8) is 0 Å². The monoisotopic (exact) mass is 969 g/mol. The van der Waals surface area contributed by atoms with Crippen molar-refractivity contribution < 1.29 is 0 Å². The molecular weight excluding hydrogens is 915 g/mol. The van der Waals surface area contributed by atoms with Crippen LogP contribution in [0.4, 0.5) is 5.69 Å². The third-order valence-corrected chi connectivity index (χ3v) is 14.4. The molecule has 2 aromatic carbocycles. The summed E-state index contributed by atoms with van der Waals surface area (Å²) in [5, 5.41) is 23.6. The number of pyridine rings is 3. The highest BCUT2D eigenvalue weighted by atomic mass is 32.1. The van der Waals surface area contributed by atoms with Gasteiger partial charge in [-0.3, -0.25) is 30.1 Å². The lowest BCUT2D eigenvalue weighted by atomic mass is 9.97. The van der Waals surface area contributed by atoms with E-state index in [2.05, 4.69) is 188 Å². The van der Waals surface area contributed by atoms with E-state index in [1.807, 2.05) is 57.2 Å². The number of aromatic nitrogens is 9. The molecule has 13 heteroatoms. The quantitative estimate of drug-likeness (QED) is 0.0920. The molecular formula is C58H55N11S2. The predicted molar refractivity (Wildman–Crippen MR) is 300 cm³/mol. The molecule has 0 spiro atoms. The summed E-state index contributed by atoms with van der Waals surface area (Å²) in [6.07, 6.45) is 18.4. The molecule has 0 radical (unpaired) electrons. The third-order valence-electron chi connectivity index (χ3n) is 12.4. The van der Waals surface area contributed by atoms with Crippen molar-refractivity contribution in [2.75, 3.05) is 11.9 Å². The van der Waals surface area contributed by atoms with E-state index in [9.17, 15) is 0 Å². The number of hydrogen-bond acceptors (Lipinski definition) is 9. The second-order valence-electron chi connectivity index (χ2n) is 17.9. The van der Waals surface area contributed by atoms with Gasteiger partial charge >= 0.3 is 0 Å². The zero-order chi connectivity index (χ0) is 49.2. The van der Waals surface area contributed by atoms with E-state index in [1.165, 1.54) is 36.2 Å². The van der Waals surface area contributed by atoms with Crippen molar-refractivity contribution in [2.45, 2.75) is 54.9 Å². The van der Waals surface area contributed by atoms with Crippen LogP contribution in [0.15, 0.2) is 151 Å². The minimum absolute atomic E-state index is 0.545.